The maximum absolute atomic E-state index is 10.3. The van der Waals surface area contributed by atoms with E-state index in [1.165, 1.54) is 44.9 Å². The summed E-state index contributed by atoms with van der Waals surface area (Å²) in [5, 5.41) is 15.2. The van der Waals surface area contributed by atoms with Crippen LogP contribution in [0.4, 0.5) is 0 Å². The van der Waals surface area contributed by atoms with Gasteiger partial charge in [-0.1, -0.05) is 51.4 Å². The Bertz CT molecular complexity index is 193. The summed E-state index contributed by atoms with van der Waals surface area (Å²) < 4.78 is 0. The summed E-state index contributed by atoms with van der Waals surface area (Å²) in [5.41, 5.74) is 0. The van der Waals surface area contributed by atoms with E-state index in [1.54, 1.807) is 0 Å². The molecule has 0 aliphatic heterocycles. The lowest BCUT2D eigenvalue weighted by atomic mass is 10.1. The third-order valence-electron chi connectivity index (χ3n) is 2.94. The second-order valence-corrected chi connectivity index (χ2v) is 4.61. The summed E-state index contributed by atoms with van der Waals surface area (Å²) >= 11 is 0. The molecule has 0 heterocycles. The first-order chi connectivity index (χ1) is 8.27. The van der Waals surface area contributed by atoms with Gasteiger partial charge in [0, 0.05) is 6.42 Å². The van der Waals surface area contributed by atoms with Crippen molar-refractivity contribution in [1.82, 2.24) is 0 Å². The number of hydrogen-bond acceptors (Lipinski definition) is 2. The molecule has 0 aromatic carbocycles. The number of nitrogens with one attached hydrogen (secondary N) is 1. The summed E-state index contributed by atoms with van der Waals surface area (Å²) in [7, 11) is 0. The zero-order valence-electron chi connectivity index (χ0n) is 10.8. The van der Waals surface area contributed by atoms with Gasteiger partial charge in [0.05, 0.1) is 6.21 Å². The fourth-order valence-electron chi connectivity index (χ4n) is 1.90. The largest absolute Gasteiger partial charge is 0.481 e. The molecule has 3 nitrogen and oxygen atoms in total. The monoisotopic (exact) mass is 240 g/mol. The Morgan fingerprint density at radius 2 is 1.24 bits per heavy atom. The van der Waals surface area contributed by atoms with Gasteiger partial charge in [-0.15, -0.1) is 0 Å². The van der Waals surface area contributed by atoms with Crippen LogP contribution in [0.15, 0.2) is 0 Å². The molecular weight excluding hydrogens is 214 g/mol. The van der Waals surface area contributed by atoms with E-state index in [-0.39, 0.29) is 0 Å². The second kappa shape index (κ2) is 13.2. The zero-order valence-corrected chi connectivity index (χ0v) is 10.8. The Kier molecular flexibility index (Phi) is 12.5. The Morgan fingerprint density at radius 3 is 1.65 bits per heavy atom. The van der Waals surface area contributed by atoms with E-state index >= 15 is 0 Å². The Hall–Kier alpha value is -0.860. The van der Waals surface area contributed by atoms with Crippen molar-refractivity contribution in [2.75, 3.05) is 0 Å². The molecule has 0 aliphatic rings. The number of unbranched alkanes of at least 4 members (excludes halogenated alkanes) is 10. The summed E-state index contributed by atoms with van der Waals surface area (Å²) in [4.78, 5) is 10.3. The normalized spacial score (nSPS) is 10.4. The number of carboxylic acid groups (broad SMARTS) is 1. The predicted octanol–water partition coefficient (Wildman–Crippen LogP) is 4.28. The molecule has 0 atom stereocenters. The average Bonchev–Trinajstić information content (AvgIpc) is 2.30. The van der Waals surface area contributed by atoms with Crippen LogP contribution in [0.5, 0.6) is 0 Å². The molecule has 0 amide bonds. The van der Waals surface area contributed by atoms with Gasteiger partial charge in [-0.3, -0.25) is 4.79 Å². The van der Waals surface area contributed by atoms with Crippen LogP contribution in [-0.4, -0.2) is 17.3 Å². The molecule has 0 aromatic rings. The molecule has 0 saturated heterocycles. The van der Waals surface area contributed by atoms with Gasteiger partial charge in [-0.2, -0.15) is 0 Å². The fourth-order valence-corrected chi connectivity index (χ4v) is 1.90. The van der Waals surface area contributed by atoms with E-state index in [9.17, 15) is 4.79 Å². The summed E-state index contributed by atoms with van der Waals surface area (Å²) in [6.45, 7) is 0. The number of carboxylic acids is 1. The molecule has 0 fully saturated rings. The molecule has 0 bridgehead atoms. The van der Waals surface area contributed by atoms with Gasteiger partial charge < -0.3 is 10.5 Å². The molecule has 0 saturated carbocycles. The Labute approximate surface area is 105 Å². The van der Waals surface area contributed by atoms with Crippen LogP contribution in [0.1, 0.15) is 77.0 Å². The quantitative estimate of drug-likeness (QED) is 0.373. The predicted molar refractivity (Wildman–Crippen MR) is 70.8 cm³/mol. The minimum absolute atomic E-state index is 0.323. The highest BCUT2D eigenvalue weighted by Crippen LogP contribution is 2.11. The van der Waals surface area contributed by atoms with Crippen LogP contribution in [0.2, 0.25) is 0 Å². The van der Waals surface area contributed by atoms with Crippen molar-refractivity contribution in [2.24, 2.45) is 0 Å². The molecular formula is C14H26NO2. The molecule has 1 radical (unpaired) electrons. The van der Waals surface area contributed by atoms with Gasteiger partial charge in [0.15, 0.2) is 0 Å². The third-order valence-corrected chi connectivity index (χ3v) is 2.94. The van der Waals surface area contributed by atoms with Crippen molar-refractivity contribution in [3.8, 4) is 0 Å². The van der Waals surface area contributed by atoms with Gasteiger partial charge >= 0.3 is 5.97 Å². The van der Waals surface area contributed by atoms with Crippen molar-refractivity contribution in [1.29, 1.82) is 5.41 Å². The van der Waals surface area contributed by atoms with E-state index in [4.69, 9.17) is 10.5 Å². The first-order valence-electron chi connectivity index (χ1n) is 6.88. The first kappa shape index (κ1) is 16.1. The SMILES string of the molecule is N=[C]CCCCCCCCCCCCC(=O)O. The Morgan fingerprint density at radius 1 is 0.824 bits per heavy atom. The van der Waals surface area contributed by atoms with Crippen molar-refractivity contribution >= 4 is 12.2 Å². The van der Waals surface area contributed by atoms with Crippen LogP contribution in [0, 0.1) is 5.41 Å². The van der Waals surface area contributed by atoms with E-state index in [2.05, 4.69) is 6.21 Å². The zero-order chi connectivity index (χ0) is 12.8. The van der Waals surface area contributed by atoms with Crippen LogP contribution >= 0.6 is 0 Å². The molecule has 99 valence electrons. The maximum atomic E-state index is 10.3. The van der Waals surface area contributed by atoms with Crippen molar-refractivity contribution in [3.63, 3.8) is 0 Å². The van der Waals surface area contributed by atoms with Crippen LogP contribution in [0.25, 0.3) is 0 Å². The molecule has 0 aliphatic carbocycles. The number of rotatable bonds is 13. The van der Waals surface area contributed by atoms with Gasteiger partial charge in [-0.25, -0.2) is 0 Å². The lowest BCUT2D eigenvalue weighted by Gasteiger charge is -2.01. The van der Waals surface area contributed by atoms with Gasteiger partial charge in [0.2, 0.25) is 0 Å². The van der Waals surface area contributed by atoms with Crippen molar-refractivity contribution in [3.05, 3.63) is 0 Å². The lowest BCUT2D eigenvalue weighted by molar-refractivity contribution is -0.137. The van der Waals surface area contributed by atoms with E-state index in [0.717, 1.165) is 25.7 Å². The molecule has 17 heavy (non-hydrogen) atoms. The standard InChI is InChI=1S/C14H26NO2/c15-13-11-9-7-5-3-1-2-4-6-8-10-12-14(16)17/h15H,1-12H2,(H,16,17). The first-order valence-corrected chi connectivity index (χ1v) is 6.88. The summed E-state index contributed by atoms with van der Waals surface area (Å²) in [5.74, 6) is -0.674. The molecule has 3 heteroatoms. The fraction of sp³-hybridized carbons (Fsp3) is 0.857. The highest BCUT2D eigenvalue weighted by Gasteiger charge is 1.96. The Balaban J connectivity index is 2.94. The highest BCUT2D eigenvalue weighted by atomic mass is 16.4. The minimum atomic E-state index is -0.674. The minimum Gasteiger partial charge on any atom is -0.481 e. The van der Waals surface area contributed by atoms with Gasteiger partial charge in [0.1, 0.15) is 0 Å². The number of carbonyl (C=O) groups is 1. The molecule has 0 rings (SSSR count). The molecule has 0 spiro atoms. The van der Waals surface area contributed by atoms with E-state index < -0.39 is 5.97 Å². The molecule has 0 aromatic heterocycles. The van der Waals surface area contributed by atoms with Crippen molar-refractivity contribution < 1.29 is 9.90 Å². The van der Waals surface area contributed by atoms with Gasteiger partial charge in [0.25, 0.3) is 0 Å². The number of hydrogen-bond donors (Lipinski definition) is 2. The smallest absolute Gasteiger partial charge is 0.303 e. The summed E-state index contributed by atoms with van der Waals surface area (Å²) in [6, 6.07) is 0. The van der Waals surface area contributed by atoms with Gasteiger partial charge in [-0.05, 0) is 19.3 Å². The molecule has 0 unspecified atom stereocenters. The summed E-state index contributed by atoms with van der Waals surface area (Å²) in [6.07, 6.45) is 15.3. The van der Waals surface area contributed by atoms with Crippen LogP contribution in [0.3, 0.4) is 0 Å². The molecule has 2 N–H and O–H groups in total. The van der Waals surface area contributed by atoms with E-state index in [1.807, 2.05) is 0 Å². The van der Waals surface area contributed by atoms with Crippen molar-refractivity contribution in [2.45, 2.75) is 77.0 Å². The topological polar surface area (TPSA) is 61.2 Å². The third kappa shape index (κ3) is 15.1. The van der Waals surface area contributed by atoms with Crippen LogP contribution in [-0.2, 0) is 4.79 Å². The number of aliphatic carboxylic acids is 1. The second-order valence-electron chi connectivity index (χ2n) is 4.61. The maximum Gasteiger partial charge on any atom is 0.303 e. The lowest BCUT2D eigenvalue weighted by Crippen LogP contribution is -1.93. The van der Waals surface area contributed by atoms with Crippen LogP contribution < -0.4 is 0 Å². The van der Waals surface area contributed by atoms with E-state index in [0.29, 0.717) is 6.42 Å². The average molecular weight is 240 g/mol. The highest BCUT2D eigenvalue weighted by molar-refractivity contribution is 5.66.